The van der Waals surface area contributed by atoms with Crippen LogP contribution in [-0.4, -0.2) is 4.40 Å². The molecule has 0 aliphatic heterocycles. The quantitative estimate of drug-likeness (QED) is 0.467. The zero-order valence-corrected chi connectivity index (χ0v) is 11.6. The summed E-state index contributed by atoms with van der Waals surface area (Å²) in [5.74, 6) is 0. The van der Waals surface area contributed by atoms with Crippen molar-refractivity contribution >= 4 is 5.52 Å². The summed E-state index contributed by atoms with van der Waals surface area (Å²) in [4.78, 5) is 0. The number of hydrogen-bond donors (Lipinski definition) is 0. The molecule has 0 spiro atoms. The lowest BCUT2D eigenvalue weighted by Gasteiger charge is -2.04. The van der Waals surface area contributed by atoms with Gasteiger partial charge < -0.3 is 4.40 Å². The van der Waals surface area contributed by atoms with Gasteiger partial charge in [0.05, 0.1) is 5.52 Å². The van der Waals surface area contributed by atoms with Crippen LogP contribution in [0.1, 0.15) is 0 Å². The Morgan fingerprint density at radius 3 is 1.95 bits per heavy atom. The predicted octanol–water partition coefficient (Wildman–Crippen LogP) is 5.27. The number of benzene rings is 2. The van der Waals surface area contributed by atoms with Crippen molar-refractivity contribution in [2.45, 2.75) is 0 Å². The molecular formula is C20H15N. The van der Waals surface area contributed by atoms with Crippen molar-refractivity contribution in [3.8, 4) is 22.3 Å². The maximum Gasteiger partial charge on any atom is 0.0534 e. The minimum atomic E-state index is 1.24. The molecule has 0 saturated heterocycles. The minimum Gasteiger partial charge on any atom is -0.323 e. The summed E-state index contributed by atoms with van der Waals surface area (Å²) in [5, 5.41) is 0. The van der Waals surface area contributed by atoms with Crippen LogP contribution in [0, 0.1) is 0 Å². The molecule has 0 N–H and O–H groups in total. The van der Waals surface area contributed by atoms with E-state index in [1.165, 1.54) is 27.8 Å². The third kappa shape index (κ3) is 2.13. The van der Waals surface area contributed by atoms with Crippen molar-refractivity contribution in [2.24, 2.45) is 0 Å². The van der Waals surface area contributed by atoms with E-state index in [4.69, 9.17) is 0 Å². The highest BCUT2D eigenvalue weighted by molar-refractivity contribution is 5.84. The van der Waals surface area contributed by atoms with Crippen molar-refractivity contribution in [3.63, 3.8) is 0 Å². The van der Waals surface area contributed by atoms with Gasteiger partial charge in [0.1, 0.15) is 0 Å². The van der Waals surface area contributed by atoms with Gasteiger partial charge in [-0.2, -0.15) is 0 Å². The van der Waals surface area contributed by atoms with E-state index in [-0.39, 0.29) is 0 Å². The number of aromatic nitrogens is 1. The van der Waals surface area contributed by atoms with Gasteiger partial charge >= 0.3 is 0 Å². The minimum absolute atomic E-state index is 1.24. The fourth-order valence-corrected chi connectivity index (χ4v) is 2.79. The van der Waals surface area contributed by atoms with Crippen LogP contribution < -0.4 is 0 Å². The van der Waals surface area contributed by atoms with Crippen LogP contribution in [0.4, 0.5) is 0 Å². The van der Waals surface area contributed by atoms with Gasteiger partial charge in [-0.05, 0) is 23.3 Å². The monoisotopic (exact) mass is 269 g/mol. The van der Waals surface area contributed by atoms with Gasteiger partial charge in [0, 0.05) is 23.5 Å². The second kappa shape index (κ2) is 4.95. The first-order valence-corrected chi connectivity index (χ1v) is 7.13. The lowest BCUT2D eigenvalue weighted by molar-refractivity contribution is 1.20. The molecule has 0 aliphatic carbocycles. The fraction of sp³-hybridized carbons (Fsp3) is 0. The molecule has 1 nitrogen and oxygen atoms in total. The Morgan fingerprint density at radius 2 is 1.24 bits per heavy atom. The van der Waals surface area contributed by atoms with Crippen LogP contribution >= 0.6 is 0 Å². The summed E-state index contributed by atoms with van der Waals surface area (Å²) >= 11 is 0. The third-order valence-corrected chi connectivity index (χ3v) is 3.83. The molecule has 0 bridgehead atoms. The molecule has 1 heteroatoms. The van der Waals surface area contributed by atoms with Crippen LogP contribution in [0.25, 0.3) is 27.8 Å². The van der Waals surface area contributed by atoms with Gasteiger partial charge in [0.2, 0.25) is 0 Å². The van der Waals surface area contributed by atoms with Gasteiger partial charge in [-0.1, -0.05) is 66.7 Å². The standard InChI is InChI=1S/C20H15N/c1-3-8-16(9-4-1)18-14-20-19(12-7-13-21(20)15-18)17-10-5-2-6-11-17/h1-15H. The van der Waals surface area contributed by atoms with Crippen molar-refractivity contribution in [1.82, 2.24) is 4.40 Å². The van der Waals surface area contributed by atoms with E-state index >= 15 is 0 Å². The molecule has 2 aromatic heterocycles. The highest BCUT2D eigenvalue weighted by Gasteiger charge is 2.07. The molecule has 0 amide bonds. The van der Waals surface area contributed by atoms with Crippen LogP contribution in [-0.2, 0) is 0 Å². The van der Waals surface area contributed by atoms with E-state index in [1.807, 2.05) is 0 Å². The van der Waals surface area contributed by atoms with E-state index < -0.39 is 0 Å². The Labute approximate surface area is 124 Å². The Balaban J connectivity index is 1.93. The number of fused-ring (bicyclic) bond motifs is 1. The first-order chi connectivity index (χ1) is 10.4. The summed E-state index contributed by atoms with van der Waals surface area (Å²) in [6, 6.07) is 27.6. The average molecular weight is 269 g/mol. The molecule has 0 aliphatic rings. The Morgan fingerprint density at radius 1 is 0.571 bits per heavy atom. The summed E-state index contributed by atoms with van der Waals surface area (Å²) in [6.07, 6.45) is 4.30. The van der Waals surface area contributed by atoms with Gasteiger partial charge in [-0.15, -0.1) is 0 Å². The van der Waals surface area contributed by atoms with E-state index in [2.05, 4.69) is 95.7 Å². The highest BCUT2D eigenvalue weighted by atomic mass is 14.9. The highest BCUT2D eigenvalue weighted by Crippen LogP contribution is 2.29. The lowest BCUT2D eigenvalue weighted by Crippen LogP contribution is -1.84. The molecule has 0 radical (unpaired) electrons. The van der Waals surface area contributed by atoms with E-state index in [0.29, 0.717) is 0 Å². The molecule has 2 heterocycles. The van der Waals surface area contributed by atoms with Crippen molar-refractivity contribution in [3.05, 3.63) is 91.3 Å². The maximum atomic E-state index is 2.26. The topological polar surface area (TPSA) is 4.41 Å². The molecule has 0 fully saturated rings. The number of rotatable bonds is 2. The maximum absolute atomic E-state index is 2.26. The van der Waals surface area contributed by atoms with Crippen LogP contribution in [0.3, 0.4) is 0 Å². The van der Waals surface area contributed by atoms with E-state index in [0.717, 1.165) is 0 Å². The fourth-order valence-electron chi connectivity index (χ4n) is 2.79. The molecule has 100 valence electrons. The molecule has 0 unspecified atom stereocenters. The summed E-state index contributed by atoms with van der Waals surface area (Å²) in [7, 11) is 0. The zero-order valence-electron chi connectivity index (χ0n) is 11.6. The van der Waals surface area contributed by atoms with Crippen LogP contribution in [0.5, 0.6) is 0 Å². The van der Waals surface area contributed by atoms with Gasteiger partial charge in [0.15, 0.2) is 0 Å². The normalized spacial score (nSPS) is 10.9. The SMILES string of the molecule is c1ccc(-c2cc3c(-c4ccccc4)cccn3c2)cc1. The van der Waals surface area contributed by atoms with E-state index in [1.54, 1.807) is 0 Å². The molecule has 2 aromatic carbocycles. The molecule has 0 saturated carbocycles. The Kier molecular flexibility index (Phi) is 2.82. The average Bonchev–Trinajstić information content (AvgIpc) is 3.00. The van der Waals surface area contributed by atoms with Gasteiger partial charge in [0.25, 0.3) is 0 Å². The van der Waals surface area contributed by atoms with Gasteiger partial charge in [-0.25, -0.2) is 0 Å². The molecule has 0 atom stereocenters. The number of hydrogen-bond acceptors (Lipinski definition) is 0. The predicted molar refractivity (Wildman–Crippen MR) is 88.3 cm³/mol. The van der Waals surface area contributed by atoms with E-state index in [9.17, 15) is 0 Å². The van der Waals surface area contributed by atoms with Crippen molar-refractivity contribution in [2.75, 3.05) is 0 Å². The van der Waals surface area contributed by atoms with Crippen LogP contribution in [0.15, 0.2) is 91.3 Å². The first kappa shape index (κ1) is 12.0. The first-order valence-electron chi connectivity index (χ1n) is 7.13. The Hall–Kier alpha value is -2.80. The lowest BCUT2D eigenvalue weighted by atomic mass is 10.0. The van der Waals surface area contributed by atoms with Crippen molar-refractivity contribution < 1.29 is 0 Å². The Bertz CT molecular complexity index is 874. The second-order valence-corrected chi connectivity index (χ2v) is 5.18. The van der Waals surface area contributed by atoms with Crippen molar-refractivity contribution in [1.29, 1.82) is 0 Å². The third-order valence-electron chi connectivity index (χ3n) is 3.83. The van der Waals surface area contributed by atoms with Crippen LogP contribution in [0.2, 0.25) is 0 Å². The summed E-state index contributed by atoms with van der Waals surface area (Å²) in [6.45, 7) is 0. The number of nitrogens with zero attached hydrogens (tertiary/aromatic N) is 1. The molecule has 4 rings (SSSR count). The largest absolute Gasteiger partial charge is 0.323 e. The number of pyridine rings is 1. The summed E-state index contributed by atoms with van der Waals surface area (Å²) in [5.41, 5.74) is 6.25. The summed E-state index contributed by atoms with van der Waals surface area (Å²) < 4.78 is 2.20. The smallest absolute Gasteiger partial charge is 0.0534 e. The molecular weight excluding hydrogens is 254 g/mol. The van der Waals surface area contributed by atoms with Gasteiger partial charge in [-0.3, -0.25) is 0 Å². The molecule has 4 aromatic rings. The molecule has 21 heavy (non-hydrogen) atoms. The zero-order chi connectivity index (χ0) is 14.1. The second-order valence-electron chi connectivity index (χ2n) is 5.18.